The molecule has 1 aliphatic rings. The lowest BCUT2D eigenvalue weighted by Crippen LogP contribution is -2.34. The Hall–Kier alpha value is -0.0100. The zero-order chi connectivity index (χ0) is 9.84. The van der Waals surface area contributed by atoms with Crippen molar-refractivity contribution in [3.63, 3.8) is 0 Å². The van der Waals surface area contributed by atoms with E-state index in [1.165, 1.54) is 19.4 Å². The standard InChI is InChI=1S/C11H20ClN/c1-9(2)13(7-10(3)6-12)8-11-4-5-11/h9,11H,3-8H2,1-2H3. The molecule has 0 radical (unpaired) electrons. The molecule has 0 aromatic heterocycles. The minimum Gasteiger partial charge on any atom is -0.297 e. The van der Waals surface area contributed by atoms with Crippen LogP contribution in [0.3, 0.4) is 0 Å². The van der Waals surface area contributed by atoms with E-state index in [2.05, 4.69) is 25.3 Å². The van der Waals surface area contributed by atoms with Crippen molar-refractivity contribution in [2.45, 2.75) is 32.7 Å². The largest absolute Gasteiger partial charge is 0.297 e. The number of halogens is 1. The molecule has 0 aromatic rings. The number of rotatable bonds is 6. The van der Waals surface area contributed by atoms with E-state index in [1.807, 2.05) is 0 Å². The molecule has 13 heavy (non-hydrogen) atoms. The van der Waals surface area contributed by atoms with E-state index in [0.29, 0.717) is 11.9 Å². The van der Waals surface area contributed by atoms with Crippen LogP contribution in [0.2, 0.25) is 0 Å². The van der Waals surface area contributed by atoms with Gasteiger partial charge in [-0.2, -0.15) is 0 Å². The maximum Gasteiger partial charge on any atom is 0.0443 e. The van der Waals surface area contributed by atoms with Crippen LogP contribution >= 0.6 is 11.6 Å². The van der Waals surface area contributed by atoms with Gasteiger partial charge >= 0.3 is 0 Å². The van der Waals surface area contributed by atoms with Gasteiger partial charge in [0.2, 0.25) is 0 Å². The van der Waals surface area contributed by atoms with Gasteiger partial charge in [-0.15, -0.1) is 11.6 Å². The topological polar surface area (TPSA) is 3.24 Å². The molecule has 0 N–H and O–H groups in total. The van der Waals surface area contributed by atoms with Gasteiger partial charge in [0, 0.05) is 25.0 Å². The van der Waals surface area contributed by atoms with Crippen LogP contribution in [0.5, 0.6) is 0 Å². The summed E-state index contributed by atoms with van der Waals surface area (Å²) >= 11 is 5.73. The fourth-order valence-electron chi connectivity index (χ4n) is 1.42. The van der Waals surface area contributed by atoms with Gasteiger partial charge in [-0.3, -0.25) is 4.90 Å². The van der Waals surface area contributed by atoms with Crippen molar-refractivity contribution in [3.05, 3.63) is 12.2 Å². The zero-order valence-electron chi connectivity index (χ0n) is 8.72. The lowest BCUT2D eigenvalue weighted by Gasteiger charge is -2.26. The van der Waals surface area contributed by atoms with Gasteiger partial charge < -0.3 is 0 Å². The van der Waals surface area contributed by atoms with E-state index in [0.717, 1.165) is 18.0 Å². The molecule has 76 valence electrons. The van der Waals surface area contributed by atoms with Gasteiger partial charge in [0.05, 0.1) is 0 Å². The summed E-state index contributed by atoms with van der Waals surface area (Å²) in [6, 6.07) is 0.612. The lowest BCUT2D eigenvalue weighted by atomic mass is 10.2. The molecule has 0 saturated heterocycles. The number of alkyl halides is 1. The highest BCUT2D eigenvalue weighted by Gasteiger charge is 2.25. The van der Waals surface area contributed by atoms with Crippen LogP contribution in [0.25, 0.3) is 0 Å². The summed E-state index contributed by atoms with van der Waals surface area (Å²) in [5.74, 6) is 1.54. The van der Waals surface area contributed by atoms with Gasteiger partial charge in [0.25, 0.3) is 0 Å². The molecule has 0 aromatic carbocycles. The second-order valence-electron chi connectivity index (χ2n) is 4.35. The molecule has 1 aliphatic carbocycles. The first-order chi connectivity index (χ1) is 6.13. The Morgan fingerprint density at radius 1 is 1.54 bits per heavy atom. The van der Waals surface area contributed by atoms with Crippen LogP contribution in [0, 0.1) is 5.92 Å². The molecule has 1 rings (SSSR count). The highest BCUT2D eigenvalue weighted by molar-refractivity contribution is 6.19. The summed E-state index contributed by atoms with van der Waals surface area (Å²) in [7, 11) is 0. The van der Waals surface area contributed by atoms with E-state index >= 15 is 0 Å². The second kappa shape index (κ2) is 5.02. The third-order valence-electron chi connectivity index (χ3n) is 2.54. The summed E-state index contributed by atoms with van der Waals surface area (Å²) in [4.78, 5) is 2.47. The first kappa shape index (κ1) is 11.1. The quantitative estimate of drug-likeness (QED) is 0.472. The fraction of sp³-hybridized carbons (Fsp3) is 0.818. The third kappa shape index (κ3) is 4.15. The number of hydrogen-bond acceptors (Lipinski definition) is 1. The molecule has 0 unspecified atom stereocenters. The average molecular weight is 202 g/mol. The first-order valence-electron chi connectivity index (χ1n) is 5.10. The van der Waals surface area contributed by atoms with Crippen molar-refractivity contribution in [3.8, 4) is 0 Å². The first-order valence-corrected chi connectivity index (χ1v) is 5.63. The second-order valence-corrected chi connectivity index (χ2v) is 4.62. The molecular weight excluding hydrogens is 182 g/mol. The van der Waals surface area contributed by atoms with E-state index in [9.17, 15) is 0 Å². The van der Waals surface area contributed by atoms with E-state index < -0.39 is 0 Å². The molecule has 0 heterocycles. The molecule has 1 saturated carbocycles. The molecule has 1 fully saturated rings. The van der Waals surface area contributed by atoms with Crippen molar-refractivity contribution >= 4 is 11.6 Å². The van der Waals surface area contributed by atoms with Crippen molar-refractivity contribution in [2.75, 3.05) is 19.0 Å². The van der Waals surface area contributed by atoms with Crippen molar-refractivity contribution in [1.82, 2.24) is 4.90 Å². The SMILES string of the molecule is C=C(CCl)CN(CC1CC1)C(C)C. The zero-order valence-corrected chi connectivity index (χ0v) is 9.48. The molecular formula is C11H20ClN. The van der Waals surface area contributed by atoms with Crippen LogP contribution in [-0.2, 0) is 0 Å². The van der Waals surface area contributed by atoms with Crippen LogP contribution in [0.4, 0.5) is 0 Å². The third-order valence-corrected chi connectivity index (χ3v) is 2.91. The predicted octanol–water partition coefficient (Wildman–Crippen LogP) is 2.90. The minimum absolute atomic E-state index is 0.591. The molecule has 0 bridgehead atoms. The number of hydrogen-bond donors (Lipinski definition) is 0. The molecule has 1 nitrogen and oxygen atoms in total. The van der Waals surface area contributed by atoms with Crippen molar-refractivity contribution < 1.29 is 0 Å². The van der Waals surface area contributed by atoms with Crippen LogP contribution < -0.4 is 0 Å². The summed E-state index contributed by atoms with van der Waals surface area (Å²) in [6.07, 6.45) is 2.83. The highest BCUT2D eigenvalue weighted by atomic mass is 35.5. The summed E-state index contributed by atoms with van der Waals surface area (Å²) in [6.45, 7) is 10.6. The van der Waals surface area contributed by atoms with Crippen LogP contribution in [0.1, 0.15) is 26.7 Å². The predicted molar refractivity (Wildman–Crippen MR) is 59.3 cm³/mol. The Balaban J connectivity index is 2.31. The number of nitrogens with zero attached hydrogens (tertiary/aromatic N) is 1. The molecule has 2 heteroatoms. The fourth-order valence-corrected chi connectivity index (χ4v) is 1.50. The van der Waals surface area contributed by atoms with Gasteiger partial charge in [0.15, 0.2) is 0 Å². The van der Waals surface area contributed by atoms with Crippen LogP contribution in [-0.4, -0.2) is 29.9 Å². The Morgan fingerprint density at radius 3 is 2.54 bits per heavy atom. The lowest BCUT2D eigenvalue weighted by molar-refractivity contribution is 0.231. The highest BCUT2D eigenvalue weighted by Crippen LogP contribution is 2.30. The van der Waals surface area contributed by atoms with Crippen LogP contribution in [0.15, 0.2) is 12.2 Å². The van der Waals surface area contributed by atoms with E-state index in [4.69, 9.17) is 11.6 Å². The normalized spacial score (nSPS) is 17.0. The molecule has 0 atom stereocenters. The van der Waals surface area contributed by atoms with E-state index in [1.54, 1.807) is 0 Å². The Labute approximate surface area is 86.8 Å². The molecule has 0 amide bonds. The summed E-state index contributed by atoms with van der Waals surface area (Å²) in [5, 5.41) is 0. The molecule has 0 aliphatic heterocycles. The van der Waals surface area contributed by atoms with Crippen molar-refractivity contribution in [1.29, 1.82) is 0 Å². The van der Waals surface area contributed by atoms with E-state index in [-0.39, 0.29) is 0 Å². The maximum atomic E-state index is 5.73. The van der Waals surface area contributed by atoms with Crippen molar-refractivity contribution in [2.24, 2.45) is 5.92 Å². The smallest absolute Gasteiger partial charge is 0.0443 e. The van der Waals surface area contributed by atoms with Gasteiger partial charge in [-0.1, -0.05) is 6.58 Å². The van der Waals surface area contributed by atoms with Gasteiger partial charge in [-0.25, -0.2) is 0 Å². The monoisotopic (exact) mass is 201 g/mol. The maximum absolute atomic E-state index is 5.73. The van der Waals surface area contributed by atoms with Gasteiger partial charge in [-0.05, 0) is 38.2 Å². The summed E-state index contributed by atoms with van der Waals surface area (Å²) in [5.41, 5.74) is 1.14. The molecule has 0 spiro atoms. The van der Waals surface area contributed by atoms with Gasteiger partial charge in [0.1, 0.15) is 0 Å². The average Bonchev–Trinajstić information content (AvgIpc) is 2.86. The Kier molecular flexibility index (Phi) is 4.27. The minimum atomic E-state index is 0.591. The summed E-state index contributed by atoms with van der Waals surface area (Å²) < 4.78 is 0. The Morgan fingerprint density at radius 2 is 2.15 bits per heavy atom. The Bertz CT molecular complexity index is 173.